The monoisotopic (exact) mass is 442 g/mol. The highest BCUT2D eigenvalue weighted by Gasteiger charge is 2.44. The molecule has 0 bridgehead atoms. The molecule has 1 heterocycles. The van der Waals surface area contributed by atoms with Crippen molar-refractivity contribution in [1.82, 2.24) is 9.62 Å². The number of nitrogens with one attached hydrogen (secondary N) is 1. The molecule has 1 aromatic rings. The number of rotatable bonds is 5. The van der Waals surface area contributed by atoms with Crippen LogP contribution in [0.4, 0.5) is 22.4 Å². The maximum Gasteiger partial charge on any atom is 0.573 e. The Hall–Kier alpha value is -2.08. The number of carbonyl (C=O) groups excluding carboxylic acids is 1. The van der Waals surface area contributed by atoms with Crippen molar-refractivity contribution >= 4 is 16.1 Å². The van der Waals surface area contributed by atoms with E-state index in [1.807, 2.05) is 0 Å². The smallest absolute Gasteiger partial charge is 0.444 e. The summed E-state index contributed by atoms with van der Waals surface area (Å²) in [5.74, 6) is -0.589. The standard InChI is InChI=1S/C17H22F4N2O5S/c1-15(2,3)28-14(24)23-9-8-16(10-18,11-23)22-29(25,26)13-6-4-12(5-7-13)27-17(19,20)21/h4-7,22H,8-11H2,1-3H3. The number of benzene rings is 1. The minimum absolute atomic E-state index is 0.0112. The maximum absolute atomic E-state index is 13.8. The van der Waals surface area contributed by atoms with Crippen LogP contribution in [-0.2, 0) is 14.8 Å². The van der Waals surface area contributed by atoms with Crippen LogP contribution in [0, 0.1) is 0 Å². The van der Waals surface area contributed by atoms with Crippen molar-refractivity contribution in [1.29, 1.82) is 0 Å². The molecular formula is C17H22F4N2O5S. The van der Waals surface area contributed by atoms with E-state index in [9.17, 15) is 30.8 Å². The third-order valence-corrected chi connectivity index (χ3v) is 5.57. The average molecular weight is 442 g/mol. The summed E-state index contributed by atoms with van der Waals surface area (Å²) in [5, 5.41) is 0. The molecule has 0 saturated carbocycles. The van der Waals surface area contributed by atoms with Crippen molar-refractivity contribution in [2.45, 2.75) is 49.6 Å². The molecule has 12 heteroatoms. The molecule has 0 spiro atoms. The van der Waals surface area contributed by atoms with Crippen LogP contribution >= 0.6 is 0 Å². The van der Waals surface area contributed by atoms with E-state index in [0.717, 1.165) is 24.3 Å². The van der Waals surface area contributed by atoms with E-state index in [-0.39, 0.29) is 24.4 Å². The first-order valence-corrected chi connectivity index (χ1v) is 10.1. The van der Waals surface area contributed by atoms with Crippen LogP contribution in [0.3, 0.4) is 0 Å². The van der Waals surface area contributed by atoms with Crippen LogP contribution in [0.1, 0.15) is 27.2 Å². The zero-order valence-corrected chi connectivity index (χ0v) is 16.9. The first-order valence-electron chi connectivity index (χ1n) is 8.58. The molecule has 0 aromatic heterocycles. The highest BCUT2D eigenvalue weighted by Crippen LogP contribution is 2.28. The topological polar surface area (TPSA) is 84.9 Å². The second kappa shape index (κ2) is 7.98. The lowest BCUT2D eigenvalue weighted by Gasteiger charge is -2.28. The van der Waals surface area contributed by atoms with Crippen LogP contribution in [0.2, 0.25) is 0 Å². The second-order valence-corrected chi connectivity index (χ2v) is 9.37. The normalized spacial score (nSPS) is 20.6. The number of amides is 1. The molecule has 164 valence electrons. The SMILES string of the molecule is CC(C)(C)OC(=O)N1CCC(CF)(NS(=O)(=O)c2ccc(OC(F)(F)F)cc2)C1. The summed E-state index contributed by atoms with van der Waals surface area (Å²) in [4.78, 5) is 13.0. The van der Waals surface area contributed by atoms with E-state index in [1.165, 1.54) is 4.90 Å². The molecule has 29 heavy (non-hydrogen) atoms. The van der Waals surface area contributed by atoms with E-state index in [0.29, 0.717) is 0 Å². The molecule has 1 amide bonds. The number of alkyl halides is 4. The number of ether oxygens (including phenoxy) is 2. The summed E-state index contributed by atoms with van der Waals surface area (Å²) in [7, 11) is -4.26. The number of halogens is 4. The van der Waals surface area contributed by atoms with Gasteiger partial charge in [-0.3, -0.25) is 0 Å². The summed E-state index contributed by atoms with van der Waals surface area (Å²) in [6, 6.07) is 3.50. The fraction of sp³-hybridized carbons (Fsp3) is 0.588. The third-order valence-electron chi connectivity index (χ3n) is 3.98. The lowest BCUT2D eigenvalue weighted by Crippen LogP contribution is -2.52. The second-order valence-electron chi connectivity index (χ2n) is 7.69. The Labute approximate surface area is 166 Å². The van der Waals surface area contributed by atoms with Crippen LogP contribution < -0.4 is 9.46 Å². The molecule has 7 nitrogen and oxygen atoms in total. The van der Waals surface area contributed by atoms with E-state index in [4.69, 9.17) is 4.74 Å². The van der Waals surface area contributed by atoms with Crippen LogP contribution in [0.25, 0.3) is 0 Å². The highest BCUT2D eigenvalue weighted by atomic mass is 32.2. The summed E-state index contributed by atoms with van der Waals surface area (Å²) in [6.07, 6.45) is -5.59. The van der Waals surface area contributed by atoms with Gasteiger partial charge in [-0.2, -0.15) is 0 Å². The Morgan fingerprint density at radius 3 is 2.28 bits per heavy atom. The van der Waals surface area contributed by atoms with Crippen LogP contribution in [-0.4, -0.2) is 56.7 Å². The molecule has 1 atom stereocenters. The Bertz CT molecular complexity index is 837. The lowest BCUT2D eigenvalue weighted by atomic mass is 10.0. The number of carbonyl (C=O) groups is 1. The van der Waals surface area contributed by atoms with E-state index < -0.39 is 46.0 Å². The first-order chi connectivity index (χ1) is 13.1. The van der Waals surface area contributed by atoms with Crippen molar-refractivity contribution < 1.29 is 40.2 Å². The van der Waals surface area contributed by atoms with Crippen molar-refractivity contribution in [2.75, 3.05) is 19.8 Å². The summed E-state index contributed by atoms with van der Waals surface area (Å²) >= 11 is 0. The number of hydrogen-bond donors (Lipinski definition) is 1. The molecule has 0 radical (unpaired) electrons. The molecule has 1 aliphatic rings. The zero-order valence-electron chi connectivity index (χ0n) is 16.0. The molecule has 1 N–H and O–H groups in total. The van der Waals surface area contributed by atoms with Gasteiger partial charge in [-0.1, -0.05) is 0 Å². The summed E-state index contributed by atoms with van der Waals surface area (Å²) < 4.78 is 86.7. The molecule has 1 aromatic carbocycles. The average Bonchev–Trinajstić information content (AvgIpc) is 2.96. The zero-order chi connectivity index (χ0) is 22.1. The van der Waals surface area contributed by atoms with Gasteiger partial charge in [0.25, 0.3) is 0 Å². The largest absolute Gasteiger partial charge is 0.573 e. The predicted molar refractivity (Wildman–Crippen MR) is 94.6 cm³/mol. The number of likely N-dealkylation sites (tertiary alicyclic amines) is 1. The van der Waals surface area contributed by atoms with E-state index >= 15 is 0 Å². The van der Waals surface area contributed by atoms with Crippen molar-refractivity contribution in [3.05, 3.63) is 24.3 Å². The van der Waals surface area contributed by atoms with Crippen molar-refractivity contribution in [3.8, 4) is 5.75 Å². The Balaban J connectivity index is 2.12. The van der Waals surface area contributed by atoms with Gasteiger partial charge in [0.1, 0.15) is 18.0 Å². The quantitative estimate of drug-likeness (QED) is 0.708. The van der Waals surface area contributed by atoms with Gasteiger partial charge >= 0.3 is 12.5 Å². The van der Waals surface area contributed by atoms with Gasteiger partial charge in [0.15, 0.2) is 0 Å². The van der Waals surface area contributed by atoms with Crippen LogP contribution in [0.15, 0.2) is 29.2 Å². The lowest BCUT2D eigenvalue weighted by molar-refractivity contribution is -0.274. The molecule has 2 rings (SSSR count). The molecule has 1 aliphatic heterocycles. The minimum atomic E-state index is -4.91. The number of nitrogens with zero attached hydrogens (tertiary/aromatic N) is 1. The Morgan fingerprint density at radius 1 is 1.21 bits per heavy atom. The van der Waals surface area contributed by atoms with Crippen LogP contribution in [0.5, 0.6) is 5.75 Å². The van der Waals surface area contributed by atoms with E-state index in [2.05, 4.69) is 9.46 Å². The molecule has 0 aliphatic carbocycles. The van der Waals surface area contributed by atoms with Gasteiger partial charge < -0.3 is 14.4 Å². The fourth-order valence-electron chi connectivity index (χ4n) is 2.74. The third kappa shape index (κ3) is 6.46. The van der Waals surface area contributed by atoms with Gasteiger partial charge in [-0.15, -0.1) is 13.2 Å². The molecule has 1 unspecified atom stereocenters. The first kappa shape index (κ1) is 23.2. The fourth-order valence-corrected chi connectivity index (χ4v) is 4.14. The van der Waals surface area contributed by atoms with Gasteiger partial charge in [0, 0.05) is 13.1 Å². The minimum Gasteiger partial charge on any atom is -0.444 e. The number of hydrogen-bond acceptors (Lipinski definition) is 5. The van der Waals surface area contributed by atoms with Gasteiger partial charge in [-0.05, 0) is 51.5 Å². The highest BCUT2D eigenvalue weighted by molar-refractivity contribution is 7.89. The van der Waals surface area contributed by atoms with E-state index in [1.54, 1.807) is 20.8 Å². The van der Waals surface area contributed by atoms with Crippen molar-refractivity contribution in [2.24, 2.45) is 0 Å². The molecule has 1 saturated heterocycles. The van der Waals surface area contributed by atoms with Gasteiger partial charge in [0.2, 0.25) is 10.0 Å². The predicted octanol–water partition coefficient (Wildman–Crippen LogP) is 3.21. The van der Waals surface area contributed by atoms with Gasteiger partial charge in [0.05, 0.1) is 10.4 Å². The molecular weight excluding hydrogens is 420 g/mol. The maximum atomic E-state index is 13.8. The van der Waals surface area contributed by atoms with Crippen molar-refractivity contribution in [3.63, 3.8) is 0 Å². The number of sulfonamides is 1. The summed E-state index contributed by atoms with van der Waals surface area (Å²) in [6.45, 7) is 3.75. The Kier molecular flexibility index (Phi) is 6.38. The Morgan fingerprint density at radius 2 is 1.79 bits per heavy atom. The summed E-state index contributed by atoms with van der Waals surface area (Å²) in [5.41, 5.74) is -2.32. The van der Waals surface area contributed by atoms with Gasteiger partial charge in [-0.25, -0.2) is 22.3 Å². The molecule has 1 fully saturated rings.